The lowest BCUT2D eigenvalue weighted by atomic mass is 9.91. The summed E-state index contributed by atoms with van der Waals surface area (Å²) in [5.74, 6) is -15.9. The third kappa shape index (κ3) is 25.7. The van der Waals surface area contributed by atoms with Crippen LogP contribution in [0.15, 0.2) is 72.8 Å². The van der Waals surface area contributed by atoms with E-state index in [2.05, 4.69) is 0 Å². The van der Waals surface area contributed by atoms with Crippen LogP contribution in [0.3, 0.4) is 0 Å². The summed E-state index contributed by atoms with van der Waals surface area (Å²) in [6.07, 6.45) is -9.74. The lowest BCUT2D eigenvalue weighted by molar-refractivity contribution is -0.0645. The van der Waals surface area contributed by atoms with Gasteiger partial charge in [0.15, 0.2) is 0 Å². The molecular weight excluding hydrogens is 1290 g/mol. The van der Waals surface area contributed by atoms with Crippen LogP contribution in [0.25, 0.3) is 0 Å². The molecule has 4 rings (SSSR count). The van der Waals surface area contributed by atoms with Gasteiger partial charge in [-0.2, -0.15) is 0 Å². The van der Waals surface area contributed by atoms with Gasteiger partial charge >= 0.3 is 71.6 Å². The number of rotatable bonds is 36. The first-order chi connectivity index (χ1) is 45.6. The number of hydrogen-bond acceptors (Lipinski definition) is 32. The van der Waals surface area contributed by atoms with Gasteiger partial charge in [0.25, 0.3) is 0 Å². The lowest BCUT2D eigenvalue weighted by Crippen LogP contribution is -2.44. The van der Waals surface area contributed by atoms with E-state index in [0.717, 1.165) is 72.8 Å². The SMILES string of the molecule is CC(O)COC(=O)c1ccc(C(=O)OCC(COC(=O)c2ccc(C(=O)OCC(C)O)cc2C(=O)OCC(C)O)(COC(=O)c2ccc(C(=O)OCC(C)O)cc2C(=O)OCC(C)O)COC(=O)c2ccc(C(=O)OCC(C)O)cc2C(=O)OCC(C)O)c(C(=O)OCC(C)O)c1. The standard InChI is InChI=1S/C65H76O32/c1-33(66)21-86-53(74)41-9-13-45(49(17-41)61(82)90-25-37(5)70)57(78)94-29-65(30-95-58(79)46-14-10-42(54(75)87-22-34(2)67)18-50(46)62(83)91-26-38(6)71,31-96-59(80)47-15-11-43(55(76)88-23-35(3)68)19-51(47)63(84)92-27-39(7)72)32-97-60(81)48-16-12-44(56(77)89-24-36(4)69)20-52(48)64(85)93-28-40(8)73/h9-20,33-40,66-73H,21-32H2,1-8H3. The Morgan fingerprint density at radius 2 is 0.381 bits per heavy atom. The Morgan fingerprint density at radius 1 is 0.237 bits per heavy atom. The molecule has 0 saturated carbocycles. The second kappa shape index (κ2) is 38.1. The number of ether oxygens (including phenoxy) is 12. The molecule has 0 amide bonds. The normalized spacial score (nSPS) is 14.1. The minimum Gasteiger partial charge on any atom is -0.461 e. The van der Waals surface area contributed by atoms with Crippen LogP contribution in [-0.2, 0) is 56.8 Å². The number of aliphatic hydroxyl groups is 8. The van der Waals surface area contributed by atoms with Crippen LogP contribution >= 0.6 is 0 Å². The summed E-state index contributed by atoms with van der Waals surface area (Å²) in [4.78, 5) is 166. The summed E-state index contributed by atoms with van der Waals surface area (Å²) in [6, 6.07) is 10.8. The van der Waals surface area contributed by atoms with Crippen molar-refractivity contribution >= 4 is 71.6 Å². The molecule has 8 N–H and O–H groups in total. The molecule has 4 aromatic rings. The van der Waals surface area contributed by atoms with E-state index in [1.165, 1.54) is 55.4 Å². The topological polar surface area (TPSA) is 477 Å². The fourth-order valence-corrected chi connectivity index (χ4v) is 7.72. The maximum atomic E-state index is 14.6. The van der Waals surface area contributed by atoms with E-state index in [1.54, 1.807) is 0 Å². The van der Waals surface area contributed by atoms with Crippen LogP contribution < -0.4 is 0 Å². The molecular formula is C65H76O32. The Morgan fingerprint density at radius 3 is 0.536 bits per heavy atom. The average molecular weight is 1370 g/mol. The molecule has 32 nitrogen and oxygen atoms in total. The zero-order valence-corrected chi connectivity index (χ0v) is 53.9. The van der Waals surface area contributed by atoms with Crippen molar-refractivity contribution in [3.8, 4) is 0 Å². The first kappa shape index (κ1) is 79.6. The van der Waals surface area contributed by atoms with Gasteiger partial charge in [0.05, 0.1) is 116 Å². The molecule has 0 saturated heterocycles. The van der Waals surface area contributed by atoms with Gasteiger partial charge in [0.1, 0.15) is 84.7 Å². The Labute approximate surface area is 553 Å². The highest BCUT2D eigenvalue weighted by Crippen LogP contribution is 2.28. The molecule has 4 aromatic carbocycles. The van der Waals surface area contributed by atoms with Gasteiger partial charge in [-0.3, -0.25) is 0 Å². The molecule has 0 spiro atoms. The number of carbonyl (C=O) groups is 12. The molecule has 0 heterocycles. The van der Waals surface area contributed by atoms with E-state index < -0.39 is 272 Å². The lowest BCUT2D eigenvalue weighted by Gasteiger charge is -2.32. The molecule has 0 fully saturated rings. The van der Waals surface area contributed by atoms with Crippen LogP contribution in [0.1, 0.15) is 180 Å². The predicted molar refractivity (Wildman–Crippen MR) is 325 cm³/mol. The minimum absolute atomic E-state index is 0.391. The molecule has 32 heteroatoms. The fraction of sp³-hybridized carbons (Fsp3) is 0.446. The van der Waals surface area contributed by atoms with E-state index in [9.17, 15) is 98.4 Å². The van der Waals surface area contributed by atoms with Gasteiger partial charge < -0.3 is 97.7 Å². The second-order valence-corrected chi connectivity index (χ2v) is 22.4. The van der Waals surface area contributed by atoms with Crippen LogP contribution in [-0.4, -0.2) is 241 Å². The highest BCUT2D eigenvalue weighted by Gasteiger charge is 2.41. The fourth-order valence-electron chi connectivity index (χ4n) is 7.72. The molecule has 0 aliphatic heterocycles. The molecule has 0 aliphatic rings. The van der Waals surface area contributed by atoms with E-state index in [-0.39, 0.29) is 0 Å². The number of esters is 12. The van der Waals surface area contributed by atoms with Crippen LogP contribution in [0, 0.1) is 5.41 Å². The van der Waals surface area contributed by atoms with Crippen LogP contribution in [0.5, 0.6) is 0 Å². The monoisotopic (exact) mass is 1370 g/mol. The van der Waals surface area contributed by atoms with Crippen molar-refractivity contribution in [1.82, 2.24) is 0 Å². The summed E-state index contributed by atoms with van der Waals surface area (Å²) in [7, 11) is 0. The first-order valence-corrected chi connectivity index (χ1v) is 29.7. The van der Waals surface area contributed by atoms with Crippen molar-refractivity contribution in [2.45, 2.75) is 104 Å². The van der Waals surface area contributed by atoms with Crippen molar-refractivity contribution in [3.63, 3.8) is 0 Å². The number of benzene rings is 4. The zero-order valence-electron chi connectivity index (χ0n) is 53.9. The van der Waals surface area contributed by atoms with E-state index in [4.69, 9.17) is 56.8 Å². The molecule has 0 aliphatic carbocycles. The van der Waals surface area contributed by atoms with E-state index in [0.29, 0.717) is 0 Å². The molecule has 8 atom stereocenters. The smallest absolute Gasteiger partial charge is 0.339 e. The second-order valence-electron chi connectivity index (χ2n) is 22.4. The minimum atomic E-state index is -2.58. The highest BCUT2D eigenvalue weighted by molar-refractivity contribution is 6.08. The largest absolute Gasteiger partial charge is 0.461 e. The van der Waals surface area contributed by atoms with Gasteiger partial charge in [0.2, 0.25) is 0 Å². The Kier molecular flexibility index (Phi) is 31.3. The number of hydrogen-bond donors (Lipinski definition) is 8. The summed E-state index contributed by atoms with van der Waals surface area (Å²) in [5.41, 5.74) is -9.88. The molecule has 0 bridgehead atoms. The first-order valence-electron chi connectivity index (χ1n) is 29.7. The summed E-state index contributed by atoms with van der Waals surface area (Å²) in [6.45, 7) is 0.103. The van der Waals surface area contributed by atoms with Crippen LogP contribution in [0.4, 0.5) is 0 Å². The molecule has 528 valence electrons. The Bertz CT molecular complexity index is 3020. The zero-order chi connectivity index (χ0) is 72.4. The average Bonchev–Trinajstić information content (AvgIpc) is 0.852. The Hall–Kier alpha value is -9.80. The van der Waals surface area contributed by atoms with E-state index in [1.807, 2.05) is 0 Å². The number of aliphatic hydroxyl groups excluding tert-OH is 8. The summed E-state index contributed by atoms with van der Waals surface area (Å²) < 4.78 is 64.0. The summed E-state index contributed by atoms with van der Waals surface area (Å²) in [5, 5.41) is 78.9. The highest BCUT2D eigenvalue weighted by atomic mass is 16.6. The third-order valence-electron chi connectivity index (χ3n) is 12.5. The number of carbonyl (C=O) groups excluding carboxylic acids is 12. The maximum Gasteiger partial charge on any atom is 0.339 e. The van der Waals surface area contributed by atoms with Crippen molar-refractivity contribution < 1.29 is 155 Å². The van der Waals surface area contributed by atoms with Gasteiger partial charge in [-0.05, 0) is 128 Å². The quantitative estimate of drug-likeness (QED) is 0.0237. The summed E-state index contributed by atoms with van der Waals surface area (Å²) >= 11 is 0. The molecule has 8 unspecified atom stereocenters. The molecule has 0 aromatic heterocycles. The van der Waals surface area contributed by atoms with Crippen molar-refractivity contribution in [2.75, 3.05) is 79.3 Å². The molecule has 97 heavy (non-hydrogen) atoms. The van der Waals surface area contributed by atoms with Gasteiger partial charge in [-0.25, -0.2) is 57.5 Å². The van der Waals surface area contributed by atoms with Gasteiger partial charge in [-0.15, -0.1) is 0 Å². The predicted octanol–water partition coefficient (Wildman–Crippen LogP) is 1.70. The van der Waals surface area contributed by atoms with Crippen molar-refractivity contribution in [1.29, 1.82) is 0 Å². The van der Waals surface area contributed by atoms with Crippen LogP contribution in [0.2, 0.25) is 0 Å². The Balaban J connectivity index is 2.05. The van der Waals surface area contributed by atoms with Gasteiger partial charge in [0, 0.05) is 0 Å². The van der Waals surface area contributed by atoms with E-state index >= 15 is 0 Å². The van der Waals surface area contributed by atoms with Crippen molar-refractivity contribution in [2.24, 2.45) is 5.41 Å². The van der Waals surface area contributed by atoms with Crippen molar-refractivity contribution in [3.05, 3.63) is 140 Å². The van der Waals surface area contributed by atoms with Gasteiger partial charge in [-0.1, -0.05) is 0 Å². The maximum absolute atomic E-state index is 14.6. The molecule has 0 radical (unpaired) electrons. The third-order valence-corrected chi connectivity index (χ3v) is 12.5.